The van der Waals surface area contributed by atoms with Crippen molar-refractivity contribution in [2.24, 2.45) is 0 Å². The van der Waals surface area contributed by atoms with Gasteiger partial charge < -0.3 is 10.2 Å². The SMILES string of the molecule is [C-]#[N+]C1CCC(Nc2ccc3ncc(-c4cccc(Cl)c4)n3n2)CC1. The first kappa shape index (κ1) is 15.9. The Morgan fingerprint density at radius 2 is 2.00 bits per heavy atom. The van der Waals surface area contributed by atoms with Crippen LogP contribution in [0.2, 0.25) is 5.02 Å². The van der Waals surface area contributed by atoms with Crippen LogP contribution in [-0.4, -0.2) is 26.7 Å². The lowest BCUT2D eigenvalue weighted by Gasteiger charge is -2.24. The number of anilines is 1. The first-order valence-electron chi connectivity index (χ1n) is 8.47. The van der Waals surface area contributed by atoms with Gasteiger partial charge in [-0.15, -0.1) is 5.10 Å². The smallest absolute Gasteiger partial charge is 0.223 e. The Labute approximate surface area is 151 Å². The standard InChI is InChI=1S/C19H18ClN5/c1-21-15-5-7-16(8-6-15)23-18-9-10-19-22-12-17(25(19)24-18)13-3-2-4-14(20)11-13/h2-4,9-12,15-16H,5-8H2,(H,23,24). The Morgan fingerprint density at radius 3 is 2.76 bits per heavy atom. The predicted molar refractivity (Wildman–Crippen MR) is 99.7 cm³/mol. The van der Waals surface area contributed by atoms with Crippen molar-refractivity contribution in [1.29, 1.82) is 0 Å². The van der Waals surface area contributed by atoms with Crippen molar-refractivity contribution in [3.8, 4) is 11.3 Å². The van der Waals surface area contributed by atoms with E-state index in [0.717, 1.165) is 48.4 Å². The molecule has 1 aliphatic rings. The van der Waals surface area contributed by atoms with Crippen molar-refractivity contribution in [2.45, 2.75) is 37.8 Å². The fourth-order valence-electron chi connectivity index (χ4n) is 3.35. The zero-order chi connectivity index (χ0) is 17.2. The fourth-order valence-corrected chi connectivity index (χ4v) is 3.54. The van der Waals surface area contributed by atoms with E-state index in [0.29, 0.717) is 11.1 Å². The van der Waals surface area contributed by atoms with Gasteiger partial charge in [-0.3, -0.25) is 0 Å². The molecular weight excluding hydrogens is 334 g/mol. The monoisotopic (exact) mass is 351 g/mol. The molecule has 126 valence electrons. The Balaban J connectivity index is 1.60. The van der Waals surface area contributed by atoms with Crippen LogP contribution >= 0.6 is 11.6 Å². The molecule has 1 aliphatic carbocycles. The zero-order valence-electron chi connectivity index (χ0n) is 13.7. The third-order valence-corrected chi connectivity index (χ3v) is 4.95. The van der Waals surface area contributed by atoms with Gasteiger partial charge in [0.05, 0.1) is 11.9 Å². The normalized spacial score (nSPS) is 20.3. The number of benzene rings is 1. The van der Waals surface area contributed by atoms with Crippen LogP contribution in [0.4, 0.5) is 5.82 Å². The molecule has 2 heterocycles. The van der Waals surface area contributed by atoms with Crippen LogP contribution in [0.1, 0.15) is 25.7 Å². The minimum absolute atomic E-state index is 0.191. The summed E-state index contributed by atoms with van der Waals surface area (Å²) < 4.78 is 1.85. The van der Waals surface area contributed by atoms with Crippen LogP contribution in [-0.2, 0) is 0 Å². The topological polar surface area (TPSA) is 46.6 Å². The van der Waals surface area contributed by atoms with E-state index in [1.54, 1.807) is 0 Å². The second-order valence-corrected chi connectivity index (χ2v) is 6.86. The molecule has 0 radical (unpaired) electrons. The number of nitrogens with zero attached hydrogens (tertiary/aromatic N) is 4. The fraction of sp³-hybridized carbons (Fsp3) is 0.316. The van der Waals surface area contributed by atoms with E-state index in [1.165, 1.54) is 0 Å². The van der Waals surface area contributed by atoms with Crippen LogP contribution in [0.5, 0.6) is 0 Å². The molecule has 0 bridgehead atoms. The molecule has 0 saturated heterocycles. The average molecular weight is 352 g/mol. The highest BCUT2D eigenvalue weighted by Gasteiger charge is 2.24. The molecule has 2 aromatic heterocycles. The van der Waals surface area contributed by atoms with Crippen LogP contribution in [0.25, 0.3) is 21.7 Å². The first-order chi connectivity index (χ1) is 12.2. The summed E-state index contributed by atoms with van der Waals surface area (Å²) >= 11 is 6.11. The maximum Gasteiger partial charge on any atom is 0.223 e. The summed E-state index contributed by atoms with van der Waals surface area (Å²) in [5, 5.41) is 8.92. The van der Waals surface area contributed by atoms with Crippen molar-refractivity contribution in [2.75, 3.05) is 5.32 Å². The van der Waals surface area contributed by atoms with Gasteiger partial charge >= 0.3 is 0 Å². The van der Waals surface area contributed by atoms with E-state index in [1.807, 2.05) is 47.1 Å². The highest BCUT2D eigenvalue weighted by Crippen LogP contribution is 2.26. The summed E-state index contributed by atoms with van der Waals surface area (Å²) in [5.41, 5.74) is 2.71. The highest BCUT2D eigenvalue weighted by atomic mass is 35.5. The van der Waals surface area contributed by atoms with Gasteiger partial charge in [0.15, 0.2) is 5.65 Å². The molecule has 0 unspecified atom stereocenters. The highest BCUT2D eigenvalue weighted by molar-refractivity contribution is 6.30. The van der Waals surface area contributed by atoms with Crippen molar-refractivity contribution >= 4 is 23.1 Å². The number of imidazole rings is 1. The molecule has 0 atom stereocenters. The van der Waals surface area contributed by atoms with Crippen molar-refractivity contribution in [3.63, 3.8) is 0 Å². The Morgan fingerprint density at radius 1 is 1.16 bits per heavy atom. The number of hydrogen-bond donors (Lipinski definition) is 1. The van der Waals surface area contributed by atoms with E-state index < -0.39 is 0 Å². The molecular formula is C19H18ClN5. The molecule has 1 saturated carbocycles. The number of aromatic nitrogens is 3. The number of nitrogens with one attached hydrogen (secondary N) is 1. The summed E-state index contributed by atoms with van der Waals surface area (Å²) in [6.45, 7) is 7.15. The van der Waals surface area contributed by atoms with Gasteiger partial charge in [0, 0.05) is 29.5 Å². The van der Waals surface area contributed by atoms with Crippen molar-refractivity contribution in [3.05, 3.63) is 59.0 Å². The molecule has 5 nitrogen and oxygen atoms in total. The van der Waals surface area contributed by atoms with Gasteiger partial charge in [-0.2, -0.15) is 0 Å². The molecule has 1 aromatic carbocycles. The Kier molecular flexibility index (Phi) is 4.29. The second-order valence-electron chi connectivity index (χ2n) is 6.42. The summed E-state index contributed by atoms with van der Waals surface area (Å²) in [6.07, 6.45) is 5.76. The number of rotatable bonds is 3. The van der Waals surface area contributed by atoms with Crippen LogP contribution in [0, 0.1) is 6.57 Å². The minimum Gasteiger partial charge on any atom is -0.366 e. The number of hydrogen-bond acceptors (Lipinski definition) is 3. The maximum atomic E-state index is 7.15. The largest absolute Gasteiger partial charge is 0.366 e. The van der Waals surface area contributed by atoms with E-state index in [9.17, 15) is 0 Å². The van der Waals surface area contributed by atoms with Gasteiger partial charge in [-0.05, 0) is 37.1 Å². The van der Waals surface area contributed by atoms with Crippen molar-refractivity contribution in [1.82, 2.24) is 14.6 Å². The zero-order valence-corrected chi connectivity index (χ0v) is 14.4. The van der Waals surface area contributed by atoms with Gasteiger partial charge in [-0.25, -0.2) is 16.1 Å². The molecule has 0 amide bonds. The summed E-state index contributed by atoms with van der Waals surface area (Å²) in [6, 6.07) is 12.2. The van der Waals surface area contributed by atoms with Crippen LogP contribution < -0.4 is 5.32 Å². The van der Waals surface area contributed by atoms with E-state index >= 15 is 0 Å². The Bertz CT molecular complexity index is 934. The molecule has 25 heavy (non-hydrogen) atoms. The third-order valence-electron chi connectivity index (χ3n) is 4.71. The van der Waals surface area contributed by atoms with Crippen molar-refractivity contribution < 1.29 is 0 Å². The van der Waals surface area contributed by atoms with Crippen LogP contribution in [0.15, 0.2) is 42.6 Å². The van der Waals surface area contributed by atoms with E-state index in [-0.39, 0.29) is 6.04 Å². The summed E-state index contributed by atoms with van der Waals surface area (Å²) in [7, 11) is 0. The van der Waals surface area contributed by atoms with E-state index in [4.69, 9.17) is 23.3 Å². The average Bonchev–Trinajstić information content (AvgIpc) is 3.06. The first-order valence-corrected chi connectivity index (χ1v) is 8.84. The summed E-state index contributed by atoms with van der Waals surface area (Å²) in [4.78, 5) is 8.09. The van der Waals surface area contributed by atoms with Gasteiger partial charge in [0.25, 0.3) is 0 Å². The maximum absolute atomic E-state index is 7.15. The lowest BCUT2D eigenvalue weighted by atomic mass is 9.92. The minimum atomic E-state index is 0.191. The van der Waals surface area contributed by atoms with Gasteiger partial charge in [0.2, 0.25) is 6.04 Å². The lowest BCUT2D eigenvalue weighted by Crippen LogP contribution is -2.27. The molecule has 1 N–H and O–H groups in total. The number of halogens is 1. The lowest BCUT2D eigenvalue weighted by molar-refractivity contribution is 0.442. The van der Waals surface area contributed by atoms with Gasteiger partial charge in [0.1, 0.15) is 5.82 Å². The second kappa shape index (κ2) is 6.73. The molecule has 0 spiro atoms. The summed E-state index contributed by atoms with van der Waals surface area (Å²) in [5.74, 6) is 0.833. The molecule has 3 aromatic rings. The third kappa shape index (κ3) is 3.31. The Hall–Kier alpha value is -2.58. The quantitative estimate of drug-likeness (QED) is 0.696. The molecule has 0 aliphatic heterocycles. The predicted octanol–water partition coefficient (Wildman–Crippen LogP) is 4.69. The van der Waals surface area contributed by atoms with E-state index in [2.05, 4.69) is 15.1 Å². The molecule has 4 rings (SSSR count). The molecule has 1 fully saturated rings. The van der Waals surface area contributed by atoms with Gasteiger partial charge in [-0.1, -0.05) is 23.7 Å². The van der Waals surface area contributed by atoms with Crippen LogP contribution in [0.3, 0.4) is 0 Å². The molecule has 6 heteroatoms. The number of fused-ring (bicyclic) bond motifs is 1.